The normalized spacial score (nSPS) is 20.0. The van der Waals surface area contributed by atoms with Crippen LogP contribution >= 0.6 is 0 Å². The zero-order valence-electron chi connectivity index (χ0n) is 22.7. The van der Waals surface area contributed by atoms with Gasteiger partial charge in [-0.3, -0.25) is 10.0 Å². The van der Waals surface area contributed by atoms with Crippen molar-refractivity contribution in [2.24, 2.45) is 17.8 Å². The molecule has 40 heavy (non-hydrogen) atoms. The number of carbonyl (C=O) groups excluding carboxylic acids is 1. The summed E-state index contributed by atoms with van der Waals surface area (Å²) >= 11 is 0. The van der Waals surface area contributed by atoms with Crippen LogP contribution in [0.2, 0.25) is 0 Å². The number of nitrogens with zero attached hydrogens (tertiary/aromatic N) is 4. The molecule has 208 valence electrons. The van der Waals surface area contributed by atoms with Crippen molar-refractivity contribution in [3.8, 4) is 23.0 Å². The van der Waals surface area contributed by atoms with Crippen molar-refractivity contribution < 1.29 is 23.9 Å². The standard InChI is InChI=1S/C29H32N6O5/c1-16-4-7-25(40-16)24-9-22(20-8-26(38-2)27(39-3)10-23(20)33-24)30-13-21-17-5-6-18(21)15-35(14-17)29-31-11-19(12-32-29)28(36)34-37/h4,7-12,17-18,21,37H,5-6,13-15H2,1-3H3,(H,30,33)(H,34,36). The van der Waals surface area contributed by atoms with Crippen molar-refractivity contribution in [2.45, 2.75) is 19.8 Å². The molecule has 2 bridgehead atoms. The predicted octanol–water partition coefficient (Wildman–Crippen LogP) is 4.30. The zero-order chi connectivity index (χ0) is 27.8. The van der Waals surface area contributed by atoms with Crippen LogP contribution in [0, 0.1) is 24.7 Å². The van der Waals surface area contributed by atoms with E-state index in [1.54, 1.807) is 19.7 Å². The van der Waals surface area contributed by atoms with Crippen molar-refractivity contribution in [3.05, 3.63) is 54.0 Å². The van der Waals surface area contributed by atoms with Crippen LogP contribution in [0.15, 0.2) is 47.1 Å². The van der Waals surface area contributed by atoms with Gasteiger partial charge in [0.1, 0.15) is 11.5 Å². The number of carbonyl (C=O) groups is 1. The monoisotopic (exact) mass is 544 g/mol. The summed E-state index contributed by atoms with van der Waals surface area (Å²) in [4.78, 5) is 27.5. The van der Waals surface area contributed by atoms with E-state index in [0.29, 0.717) is 41.0 Å². The quantitative estimate of drug-likeness (QED) is 0.218. The molecule has 4 aromatic rings. The van der Waals surface area contributed by atoms with Gasteiger partial charge >= 0.3 is 0 Å². The minimum absolute atomic E-state index is 0.219. The van der Waals surface area contributed by atoms with E-state index >= 15 is 0 Å². The molecule has 2 aliphatic rings. The van der Waals surface area contributed by atoms with Crippen molar-refractivity contribution in [1.82, 2.24) is 20.4 Å². The number of rotatable bonds is 8. The lowest BCUT2D eigenvalue weighted by molar-refractivity contribution is 0.0705. The van der Waals surface area contributed by atoms with Gasteiger partial charge in [0.15, 0.2) is 17.3 Å². The molecule has 11 nitrogen and oxygen atoms in total. The van der Waals surface area contributed by atoms with E-state index in [-0.39, 0.29) is 5.56 Å². The van der Waals surface area contributed by atoms with Crippen LogP contribution in [0.5, 0.6) is 11.5 Å². The molecular weight excluding hydrogens is 512 g/mol. The van der Waals surface area contributed by atoms with Crippen LogP contribution in [-0.2, 0) is 0 Å². The van der Waals surface area contributed by atoms with E-state index < -0.39 is 5.91 Å². The van der Waals surface area contributed by atoms with Gasteiger partial charge in [0, 0.05) is 49.2 Å². The number of pyridine rings is 1. The molecule has 6 rings (SSSR count). The fourth-order valence-corrected chi connectivity index (χ4v) is 6.12. The van der Waals surface area contributed by atoms with Crippen LogP contribution in [0.25, 0.3) is 22.4 Å². The third-order valence-electron chi connectivity index (χ3n) is 8.15. The van der Waals surface area contributed by atoms with Crippen molar-refractivity contribution >= 4 is 28.4 Å². The first-order valence-corrected chi connectivity index (χ1v) is 13.4. The number of benzene rings is 1. The topological polar surface area (TPSA) is 135 Å². The van der Waals surface area contributed by atoms with Gasteiger partial charge in [0.05, 0.1) is 25.3 Å². The SMILES string of the molecule is COc1cc2nc(-c3ccc(C)o3)cc(NCC3C4CCC3CN(c3ncc(C(=O)NO)cn3)C4)c2cc1OC. The summed E-state index contributed by atoms with van der Waals surface area (Å²) in [6.45, 7) is 4.45. The Balaban J connectivity index is 1.24. The van der Waals surface area contributed by atoms with E-state index in [9.17, 15) is 4.79 Å². The van der Waals surface area contributed by atoms with E-state index in [0.717, 1.165) is 60.5 Å². The first-order valence-electron chi connectivity index (χ1n) is 13.4. The average molecular weight is 545 g/mol. The number of hydroxylamine groups is 1. The van der Waals surface area contributed by atoms with Crippen LogP contribution < -0.4 is 25.2 Å². The fourth-order valence-electron chi connectivity index (χ4n) is 6.12. The molecule has 1 saturated carbocycles. The third kappa shape index (κ3) is 4.77. The molecule has 2 unspecified atom stereocenters. The summed E-state index contributed by atoms with van der Waals surface area (Å²) in [7, 11) is 3.25. The number of furan rings is 1. The second kappa shape index (κ2) is 10.6. The largest absolute Gasteiger partial charge is 0.493 e. The van der Waals surface area contributed by atoms with E-state index in [1.807, 2.05) is 37.3 Å². The van der Waals surface area contributed by atoms with Gasteiger partial charge < -0.3 is 24.1 Å². The number of anilines is 2. The number of hydrogen-bond acceptors (Lipinski definition) is 10. The number of piperidine rings is 1. The summed E-state index contributed by atoms with van der Waals surface area (Å²) in [5.41, 5.74) is 4.35. The first-order chi connectivity index (χ1) is 19.5. The van der Waals surface area contributed by atoms with E-state index in [2.05, 4.69) is 20.2 Å². The summed E-state index contributed by atoms with van der Waals surface area (Å²) in [5.74, 6) is 4.28. The van der Waals surface area contributed by atoms with E-state index in [4.69, 9.17) is 24.1 Å². The number of fused-ring (bicyclic) bond motifs is 3. The molecule has 3 N–H and O–H groups in total. The first kappa shape index (κ1) is 25.9. The van der Waals surface area contributed by atoms with Crippen LogP contribution in [0.4, 0.5) is 11.6 Å². The minimum atomic E-state index is -0.624. The second-order valence-corrected chi connectivity index (χ2v) is 10.4. The molecule has 1 aliphatic heterocycles. The van der Waals surface area contributed by atoms with Gasteiger partial charge in [-0.05, 0) is 61.8 Å². The van der Waals surface area contributed by atoms with Gasteiger partial charge in [-0.1, -0.05) is 0 Å². The van der Waals surface area contributed by atoms with Gasteiger partial charge in [-0.2, -0.15) is 0 Å². The van der Waals surface area contributed by atoms with Crippen LogP contribution in [0.3, 0.4) is 0 Å². The summed E-state index contributed by atoms with van der Waals surface area (Å²) in [6, 6.07) is 9.79. The molecule has 11 heteroatoms. The predicted molar refractivity (Wildman–Crippen MR) is 149 cm³/mol. The molecule has 4 heterocycles. The number of aryl methyl sites for hydroxylation is 1. The summed E-state index contributed by atoms with van der Waals surface area (Å²) in [5, 5.41) is 13.5. The molecule has 2 fully saturated rings. The Labute approximate surface area is 231 Å². The highest BCUT2D eigenvalue weighted by molar-refractivity contribution is 5.95. The lowest BCUT2D eigenvalue weighted by Crippen LogP contribution is -2.45. The highest BCUT2D eigenvalue weighted by atomic mass is 16.5. The number of amides is 1. The highest BCUT2D eigenvalue weighted by Crippen LogP contribution is 2.43. The maximum absolute atomic E-state index is 11.6. The Bertz CT molecular complexity index is 1520. The van der Waals surface area contributed by atoms with Crippen molar-refractivity contribution in [1.29, 1.82) is 0 Å². The number of ether oxygens (including phenoxy) is 2. The molecule has 0 radical (unpaired) electrons. The highest BCUT2D eigenvalue weighted by Gasteiger charge is 2.42. The lowest BCUT2D eigenvalue weighted by Gasteiger charge is -2.38. The molecular formula is C29H32N6O5. The number of methoxy groups -OCH3 is 2. The smallest absolute Gasteiger partial charge is 0.277 e. The Kier molecular flexibility index (Phi) is 6.89. The van der Waals surface area contributed by atoms with Gasteiger partial charge in [-0.25, -0.2) is 20.4 Å². The van der Waals surface area contributed by atoms with Crippen LogP contribution in [-0.4, -0.2) is 59.9 Å². The Hall–Kier alpha value is -4.38. The molecule has 1 aliphatic carbocycles. The maximum Gasteiger partial charge on any atom is 0.277 e. The number of hydrogen-bond donors (Lipinski definition) is 3. The van der Waals surface area contributed by atoms with Crippen molar-refractivity contribution in [3.63, 3.8) is 0 Å². The Morgan fingerprint density at radius 2 is 1.77 bits per heavy atom. The minimum Gasteiger partial charge on any atom is -0.493 e. The Morgan fingerprint density at radius 1 is 1.07 bits per heavy atom. The van der Waals surface area contributed by atoms with Crippen LogP contribution in [0.1, 0.15) is 29.0 Å². The Morgan fingerprint density at radius 3 is 2.40 bits per heavy atom. The average Bonchev–Trinajstić information content (AvgIpc) is 3.52. The molecule has 0 spiro atoms. The number of nitrogens with one attached hydrogen (secondary N) is 2. The fraction of sp³-hybridized carbons (Fsp3) is 0.379. The summed E-state index contributed by atoms with van der Waals surface area (Å²) in [6.07, 6.45) is 5.19. The van der Waals surface area contributed by atoms with Gasteiger partial charge in [0.25, 0.3) is 5.91 Å². The molecule has 1 aromatic carbocycles. The molecule has 2 atom stereocenters. The maximum atomic E-state index is 11.6. The second-order valence-electron chi connectivity index (χ2n) is 10.4. The van der Waals surface area contributed by atoms with Gasteiger partial charge in [0.2, 0.25) is 5.95 Å². The van der Waals surface area contributed by atoms with Crippen molar-refractivity contribution in [2.75, 3.05) is 44.1 Å². The number of aromatic nitrogens is 3. The molecule has 1 saturated heterocycles. The third-order valence-corrected chi connectivity index (χ3v) is 8.15. The summed E-state index contributed by atoms with van der Waals surface area (Å²) < 4.78 is 17.0. The lowest BCUT2D eigenvalue weighted by atomic mass is 9.85. The van der Waals surface area contributed by atoms with Gasteiger partial charge in [-0.15, -0.1) is 0 Å². The molecule has 3 aromatic heterocycles. The zero-order valence-corrected chi connectivity index (χ0v) is 22.7. The molecule has 1 amide bonds. The van der Waals surface area contributed by atoms with E-state index in [1.165, 1.54) is 12.4 Å².